The quantitative estimate of drug-likeness (QED) is 0.0181. The molecule has 0 bridgehead atoms. The van der Waals surface area contributed by atoms with Gasteiger partial charge < -0.3 is 18.3 Å². The fourth-order valence-electron chi connectivity index (χ4n) is 11.6. The molecule has 0 fully saturated rings. The molecule has 484 valence electrons. The zero-order chi connectivity index (χ0) is 68.0. The minimum Gasteiger partial charge on any atom is -0.463 e. The Morgan fingerprint density at radius 1 is 0.437 bits per heavy atom. The van der Waals surface area contributed by atoms with E-state index in [1.54, 1.807) is 0 Å². The van der Waals surface area contributed by atoms with Gasteiger partial charge in [0, 0.05) is 21.1 Å². The van der Waals surface area contributed by atoms with Gasteiger partial charge in [0.2, 0.25) is 0 Å². The van der Waals surface area contributed by atoms with E-state index in [0.717, 1.165) is 149 Å². The van der Waals surface area contributed by atoms with Crippen molar-refractivity contribution in [1.29, 1.82) is 5.26 Å². The first kappa shape index (κ1) is 65.7. The molecule has 0 saturated carbocycles. The summed E-state index contributed by atoms with van der Waals surface area (Å²) in [7, 11) is -11.4. The number of hydrogen-bond donors (Lipinski definition) is 0. The van der Waals surface area contributed by atoms with Gasteiger partial charge in [0.1, 0.15) is 25.4 Å². The minimum atomic E-state index is -4.65. The Kier molecular flexibility index (Phi) is 32.3. The van der Waals surface area contributed by atoms with Crippen molar-refractivity contribution in [3.05, 3.63) is 121 Å². The second kappa shape index (κ2) is 42.7. The van der Waals surface area contributed by atoms with Gasteiger partial charge in [-0.15, -0.1) is 0 Å². The average molecular weight is 1260 g/mol. The molecule has 0 aliphatic rings. The normalized spacial score (nSPS) is 14.4. The number of esters is 2. The molecule has 0 heterocycles. The van der Waals surface area contributed by atoms with Gasteiger partial charge in [0.25, 0.3) is 16.6 Å². The van der Waals surface area contributed by atoms with Gasteiger partial charge in [0.15, 0.2) is 0 Å². The maximum atomic E-state index is 15.4. The lowest BCUT2D eigenvalue weighted by molar-refractivity contribution is -0.147. The summed E-state index contributed by atoms with van der Waals surface area (Å²) in [5.41, 5.74) is 0. The molecule has 14 heteroatoms. The third-order valence-electron chi connectivity index (χ3n) is 16.3. The van der Waals surface area contributed by atoms with E-state index in [2.05, 4.69) is 96.1 Å². The molecule has 11 nitrogen and oxygen atoms in total. The van der Waals surface area contributed by atoms with Crippen LogP contribution in [0.4, 0.5) is 0 Å². The molecule has 2 atom stereocenters. The standard InChI is InChI=1S/C73H114NO10PSi2/c1-9-11-13-15-17-19-21-23-25-27-29-31-45-56-70(75)78-60-64(83-86(72(3,4)5,66-48-37-33-38-49-66)67-50-39-34-40-51-67)62-81-85(77,80-59-47-58-74)82-63-65(61-79-71(76)57-46-32-30-28-26-24-22-20-18-16-14-12-10-2)84-87(73(6,7)8,68-52-41-35-42-53-68)69-54-43-36-44-55-69/h33-44,48-55,64-65H,9-32,45-47,56-57,59-63H2,1-8H3/t64-,65-/m0/s1/i1D3,2D3. The molecular formula is C73H114NO10PSi2. The first-order chi connectivity index (χ1) is 44.3. The summed E-state index contributed by atoms with van der Waals surface area (Å²) in [6, 6.07) is 42.2. The predicted octanol–water partition coefficient (Wildman–Crippen LogP) is 18.0. The number of benzene rings is 4. The van der Waals surface area contributed by atoms with Crippen LogP contribution >= 0.6 is 7.82 Å². The highest BCUT2D eigenvalue weighted by Gasteiger charge is 2.53. The molecule has 0 aliphatic heterocycles. The van der Waals surface area contributed by atoms with Crippen LogP contribution in [-0.4, -0.2) is 73.8 Å². The van der Waals surface area contributed by atoms with Crippen LogP contribution < -0.4 is 20.7 Å². The molecule has 87 heavy (non-hydrogen) atoms. The van der Waals surface area contributed by atoms with Crippen LogP contribution in [0.25, 0.3) is 0 Å². The lowest BCUT2D eigenvalue weighted by Crippen LogP contribution is -2.68. The summed E-state index contributed by atoms with van der Waals surface area (Å²) < 4.78 is 106. The van der Waals surface area contributed by atoms with Gasteiger partial charge in [-0.2, -0.15) is 5.26 Å². The van der Waals surface area contributed by atoms with Crippen LogP contribution in [0, 0.1) is 11.3 Å². The SMILES string of the molecule is [2H]C([2H])([2H])CCCCCCCCCCCCCCC(=O)OC[C@@H](COP(=O)(OCCC#N)OC[C@H](COC(=O)CCCCCCCCCCCCCCC([2H])([2H])[2H])O[Si](c1ccccc1)(c1ccccc1)C(C)(C)C)O[Si](c1ccccc1)(c1ccccc1)C(C)(C)C. The van der Waals surface area contributed by atoms with E-state index in [-0.39, 0.29) is 64.2 Å². The molecule has 0 aromatic heterocycles. The monoisotopic (exact) mass is 1260 g/mol. The van der Waals surface area contributed by atoms with E-state index in [0.29, 0.717) is 25.7 Å². The van der Waals surface area contributed by atoms with E-state index < -0.39 is 60.4 Å². The highest BCUT2D eigenvalue weighted by Crippen LogP contribution is 2.51. The van der Waals surface area contributed by atoms with Crippen LogP contribution in [0.1, 0.15) is 250 Å². The predicted molar refractivity (Wildman–Crippen MR) is 363 cm³/mol. The number of nitrogens with zero attached hydrogens (tertiary/aromatic N) is 1. The van der Waals surface area contributed by atoms with Crippen LogP contribution in [0.5, 0.6) is 0 Å². The van der Waals surface area contributed by atoms with Crippen molar-refractivity contribution in [2.24, 2.45) is 0 Å². The lowest BCUT2D eigenvalue weighted by atomic mass is 10.0. The summed E-state index contributed by atoms with van der Waals surface area (Å²) in [5, 5.41) is 12.6. The first-order valence-electron chi connectivity index (χ1n) is 36.1. The highest BCUT2D eigenvalue weighted by atomic mass is 31.2. The smallest absolute Gasteiger partial charge is 0.463 e. The minimum absolute atomic E-state index is 0.118. The molecule has 0 spiro atoms. The van der Waals surface area contributed by atoms with Gasteiger partial charge in [-0.1, -0.05) is 331 Å². The molecule has 0 unspecified atom stereocenters. The largest absolute Gasteiger partial charge is 0.475 e. The van der Waals surface area contributed by atoms with E-state index in [4.69, 9.17) is 40.1 Å². The zero-order valence-electron chi connectivity index (χ0n) is 60.2. The van der Waals surface area contributed by atoms with Crippen molar-refractivity contribution < 1.29 is 54.3 Å². The zero-order valence-corrected chi connectivity index (χ0v) is 57.1. The molecule has 4 aromatic rings. The third-order valence-corrected chi connectivity index (χ3v) is 27.9. The van der Waals surface area contributed by atoms with Crippen LogP contribution in [0.15, 0.2) is 121 Å². The number of hydrogen-bond acceptors (Lipinski definition) is 11. The summed E-state index contributed by atoms with van der Waals surface area (Å²) in [6.45, 7) is 7.65. The average Bonchev–Trinajstić information content (AvgIpc) is 0.756. The molecule has 4 aromatic carbocycles. The van der Waals surface area contributed by atoms with Crippen molar-refractivity contribution in [2.75, 3.05) is 33.0 Å². The number of phosphoric acid groups is 1. The fraction of sp³-hybridized carbons (Fsp3) is 0.630. The second-order valence-corrected chi connectivity index (χ2v) is 35.6. The molecule has 0 aliphatic carbocycles. The van der Waals surface area contributed by atoms with Gasteiger partial charge >= 0.3 is 19.8 Å². The molecule has 0 amide bonds. The Hall–Kier alpha value is -4.23. The molecule has 4 rings (SSSR count). The fourth-order valence-corrected chi connectivity index (χ4v) is 22.2. The van der Waals surface area contributed by atoms with Crippen LogP contribution in [0.2, 0.25) is 10.1 Å². The second-order valence-electron chi connectivity index (χ2n) is 25.4. The van der Waals surface area contributed by atoms with Crippen molar-refractivity contribution in [1.82, 2.24) is 0 Å². The number of ether oxygens (including phenoxy) is 2. The van der Waals surface area contributed by atoms with E-state index >= 15 is 4.57 Å². The lowest BCUT2D eigenvalue weighted by Gasteiger charge is -2.45. The topological polar surface area (TPSA) is 140 Å². The maximum Gasteiger partial charge on any atom is 0.475 e. The summed E-state index contributed by atoms with van der Waals surface area (Å²) in [6.07, 6.45) is 23.3. The number of phosphoric ester groups is 1. The van der Waals surface area contributed by atoms with Gasteiger partial charge in [-0.05, 0) is 43.7 Å². The number of nitriles is 1. The van der Waals surface area contributed by atoms with E-state index in [1.165, 1.54) is 12.8 Å². The Bertz CT molecular complexity index is 2480. The van der Waals surface area contributed by atoms with Crippen molar-refractivity contribution in [3.63, 3.8) is 0 Å². The van der Waals surface area contributed by atoms with E-state index in [9.17, 15) is 14.9 Å². The number of carbonyl (C=O) groups excluding carboxylic acids is 2. The van der Waals surface area contributed by atoms with Gasteiger partial charge in [0.05, 0.1) is 32.3 Å². The highest BCUT2D eigenvalue weighted by molar-refractivity contribution is 7.48. The molecular weight excluding hydrogens is 1140 g/mol. The van der Waals surface area contributed by atoms with Crippen molar-refractivity contribution in [3.8, 4) is 6.07 Å². The Labute approximate surface area is 538 Å². The van der Waals surface area contributed by atoms with Crippen LogP contribution in [0.3, 0.4) is 0 Å². The first-order valence-corrected chi connectivity index (χ1v) is 38.4. The van der Waals surface area contributed by atoms with E-state index in [1.807, 2.05) is 72.8 Å². The molecule has 0 saturated heterocycles. The summed E-state index contributed by atoms with van der Waals surface area (Å²) >= 11 is 0. The Morgan fingerprint density at radius 2 is 0.713 bits per heavy atom. The van der Waals surface area contributed by atoms with Gasteiger partial charge in [-0.3, -0.25) is 23.2 Å². The number of carbonyl (C=O) groups is 2. The van der Waals surface area contributed by atoms with Crippen molar-refractivity contribution in [2.45, 2.75) is 264 Å². The number of rotatable bonds is 49. The summed E-state index contributed by atoms with van der Waals surface area (Å²) in [4.78, 5) is 27.4. The Morgan fingerprint density at radius 3 is 0.977 bits per heavy atom. The van der Waals surface area contributed by atoms with Crippen molar-refractivity contribution >= 4 is 57.1 Å². The Balaban J connectivity index is 1.53. The van der Waals surface area contributed by atoms with Crippen LogP contribution in [-0.2, 0) is 46.1 Å². The van der Waals surface area contributed by atoms with Gasteiger partial charge in [-0.25, -0.2) is 4.57 Å². The maximum absolute atomic E-state index is 15.4. The third kappa shape index (κ3) is 27.4. The number of unbranched alkanes of at least 4 members (excludes halogenated alkanes) is 22. The summed E-state index contributed by atoms with van der Waals surface area (Å²) in [5.74, 6) is -0.769. The molecule has 0 radical (unpaired) electrons. The molecule has 0 N–H and O–H groups in total.